The van der Waals surface area contributed by atoms with Gasteiger partial charge >= 0.3 is 0 Å². The highest BCUT2D eigenvalue weighted by Crippen LogP contribution is 2.49. The number of hydrogen-bond donors (Lipinski definition) is 0. The molecule has 0 N–H and O–H groups in total. The van der Waals surface area contributed by atoms with Crippen molar-refractivity contribution in [3.05, 3.63) is 176 Å². The molecule has 8 aromatic carbocycles. The van der Waals surface area contributed by atoms with Crippen LogP contribution in [0.3, 0.4) is 0 Å². The summed E-state index contributed by atoms with van der Waals surface area (Å²) in [6, 6.07) is 61.1. The lowest BCUT2D eigenvalue weighted by Crippen LogP contribution is -2.02. The highest BCUT2D eigenvalue weighted by atomic mass is 16.5. The average molecular weight is 652 g/mol. The van der Waals surface area contributed by atoms with E-state index < -0.39 is 0 Å². The van der Waals surface area contributed by atoms with E-state index in [1.807, 2.05) is 36.4 Å². The molecule has 0 saturated heterocycles. The molecule has 2 heterocycles. The second-order valence-electron chi connectivity index (χ2n) is 12.8. The van der Waals surface area contributed by atoms with E-state index in [1.165, 1.54) is 32.8 Å². The first-order valence-electron chi connectivity index (χ1n) is 17.1. The Labute approximate surface area is 295 Å². The minimum atomic E-state index is 0.590. The van der Waals surface area contributed by atoms with Crippen molar-refractivity contribution in [2.45, 2.75) is 0 Å². The summed E-state index contributed by atoms with van der Waals surface area (Å²) in [7, 11) is 0. The number of ether oxygens (including phenoxy) is 1. The van der Waals surface area contributed by atoms with Gasteiger partial charge in [-0.15, -0.1) is 0 Å². The summed E-state index contributed by atoms with van der Waals surface area (Å²) in [5.74, 6) is 3.45. The molecule has 4 nitrogen and oxygen atoms in total. The van der Waals surface area contributed by atoms with E-state index in [0.717, 1.165) is 50.3 Å². The smallest absolute Gasteiger partial charge is 0.164 e. The third-order valence-electron chi connectivity index (χ3n) is 9.73. The van der Waals surface area contributed by atoms with Gasteiger partial charge in [0.1, 0.15) is 11.5 Å². The van der Waals surface area contributed by atoms with Crippen LogP contribution in [0.5, 0.6) is 11.5 Å². The standard InChI is InChI=1S/C47H29N3O/c1-3-11-32(12-4-1)38-26-27-42-44-40(38)16-9-17-41(44)39-25-24-37(29-43(39)51-42)47-49-45(33-13-5-2-6-14-33)48-46(50-47)34-21-18-31(19-22-34)36-23-20-30-10-7-8-15-35(30)28-36/h1-29H. The van der Waals surface area contributed by atoms with Crippen molar-refractivity contribution in [3.8, 4) is 79.0 Å². The summed E-state index contributed by atoms with van der Waals surface area (Å²) in [5, 5.41) is 4.75. The predicted molar refractivity (Wildman–Crippen MR) is 208 cm³/mol. The molecule has 4 heteroatoms. The minimum absolute atomic E-state index is 0.590. The van der Waals surface area contributed by atoms with Gasteiger partial charge < -0.3 is 4.74 Å². The zero-order valence-electron chi connectivity index (χ0n) is 27.5. The first-order chi connectivity index (χ1) is 25.2. The van der Waals surface area contributed by atoms with Gasteiger partial charge in [0, 0.05) is 27.6 Å². The van der Waals surface area contributed by atoms with Crippen LogP contribution in [-0.2, 0) is 0 Å². The van der Waals surface area contributed by atoms with E-state index in [9.17, 15) is 0 Å². The zero-order valence-corrected chi connectivity index (χ0v) is 27.5. The summed E-state index contributed by atoms with van der Waals surface area (Å²) >= 11 is 0. The van der Waals surface area contributed by atoms with Crippen molar-refractivity contribution in [2.75, 3.05) is 0 Å². The molecular weight excluding hydrogens is 623 g/mol. The van der Waals surface area contributed by atoms with Gasteiger partial charge in [0.2, 0.25) is 0 Å². The van der Waals surface area contributed by atoms with E-state index in [0.29, 0.717) is 17.5 Å². The fourth-order valence-corrected chi connectivity index (χ4v) is 7.17. The summed E-state index contributed by atoms with van der Waals surface area (Å²) in [5.41, 5.74) is 9.60. The van der Waals surface area contributed by atoms with Crippen LogP contribution in [0, 0.1) is 0 Å². The van der Waals surface area contributed by atoms with Crippen molar-refractivity contribution in [3.63, 3.8) is 0 Å². The van der Waals surface area contributed by atoms with E-state index >= 15 is 0 Å². The first-order valence-corrected chi connectivity index (χ1v) is 17.1. The lowest BCUT2D eigenvalue weighted by Gasteiger charge is -2.23. The Hall–Kier alpha value is -6.91. The van der Waals surface area contributed by atoms with Crippen LogP contribution in [0.4, 0.5) is 0 Å². The number of nitrogens with zero attached hydrogens (tertiary/aromatic N) is 3. The van der Waals surface area contributed by atoms with Crippen molar-refractivity contribution < 1.29 is 4.74 Å². The molecule has 0 bridgehead atoms. The number of benzene rings is 8. The van der Waals surface area contributed by atoms with Crippen LogP contribution < -0.4 is 4.74 Å². The molecule has 0 unspecified atom stereocenters. The van der Waals surface area contributed by atoms with E-state index in [2.05, 4.69) is 140 Å². The van der Waals surface area contributed by atoms with Gasteiger partial charge in [0.25, 0.3) is 0 Å². The van der Waals surface area contributed by atoms with Gasteiger partial charge in [-0.1, -0.05) is 152 Å². The molecule has 0 saturated carbocycles. The SMILES string of the molecule is c1ccc(-c2nc(-c3ccc(-c4ccc5ccccc5c4)cc3)nc(-c3ccc4c(c3)Oc3ccc(-c5ccccc5)c5cccc-4c35)n2)cc1. The number of hydrogen-bond acceptors (Lipinski definition) is 4. The van der Waals surface area contributed by atoms with Crippen molar-refractivity contribution in [2.24, 2.45) is 0 Å². The molecule has 10 rings (SSSR count). The molecule has 0 spiro atoms. The molecule has 1 aromatic heterocycles. The van der Waals surface area contributed by atoms with Crippen molar-refractivity contribution in [1.29, 1.82) is 0 Å². The molecule has 9 aromatic rings. The number of rotatable bonds is 5. The second kappa shape index (κ2) is 11.9. The van der Waals surface area contributed by atoms with Crippen LogP contribution in [0.1, 0.15) is 0 Å². The third kappa shape index (κ3) is 5.13. The highest BCUT2D eigenvalue weighted by Gasteiger charge is 2.23. The summed E-state index contributed by atoms with van der Waals surface area (Å²) < 4.78 is 6.64. The third-order valence-corrected chi connectivity index (χ3v) is 9.73. The van der Waals surface area contributed by atoms with Crippen LogP contribution in [-0.4, -0.2) is 15.0 Å². The Kier molecular flexibility index (Phi) is 6.78. The molecule has 0 fully saturated rings. The van der Waals surface area contributed by atoms with Crippen LogP contribution >= 0.6 is 0 Å². The molecule has 1 aliphatic heterocycles. The van der Waals surface area contributed by atoms with Gasteiger partial charge in [-0.2, -0.15) is 0 Å². The Bertz CT molecular complexity index is 2760. The topological polar surface area (TPSA) is 47.9 Å². The maximum Gasteiger partial charge on any atom is 0.164 e. The van der Waals surface area contributed by atoms with Gasteiger partial charge in [0.05, 0.1) is 0 Å². The molecule has 0 radical (unpaired) electrons. The molecule has 1 aliphatic rings. The predicted octanol–water partition coefficient (Wildman–Crippen LogP) is 12.3. The molecule has 0 aliphatic carbocycles. The van der Waals surface area contributed by atoms with Crippen molar-refractivity contribution in [1.82, 2.24) is 15.0 Å². The average Bonchev–Trinajstić information content (AvgIpc) is 3.21. The summed E-state index contributed by atoms with van der Waals surface area (Å²) in [6.07, 6.45) is 0. The minimum Gasteiger partial charge on any atom is -0.456 e. The summed E-state index contributed by atoms with van der Waals surface area (Å²) in [4.78, 5) is 15.0. The quantitative estimate of drug-likeness (QED) is 0.186. The Morgan fingerprint density at radius 2 is 0.902 bits per heavy atom. The van der Waals surface area contributed by atoms with Crippen LogP contribution in [0.25, 0.3) is 89.1 Å². The molecule has 51 heavy (non-hydrogen) atoms. The van der Waals surface area contributed by atoms with E-state index in [4.69, 9.17) is 19.7 Å². The Morgan fingerprint density at radius 3 is 1.67 bits per heavy atom. The lowest BCUT2D eigenvalue weighted by atomic mass is 9.90. The Balaban J connectivity index is 1.05. The number of fused-ring (bicyclic) bond motifs is 3. The molecular formula is C47H29N3O. The van der Waals surface area contributed by atoms with Crippen molar-refractivity contribution >= 4 is 21.5 Å². The zero-order chi connectivity index (χ0) is 33.7. The lowest BCUT2D eigenvalue weighted by molar-refractivity contribution is 0.487. The Morgan fingerprint density at radius 1 is 0.314 bits per heavy atom. The van der Waals surface area contributed by atoms with Gasteiger partial charge in [-0.25, -0.2) is 15.0 Å². The number of aromatic nitrogens is 3. The second-order valence-corrected chi connectivity index (χ2v) is 12.8. The first kappa shape index (κ1) is 29.0. The molecule has 0 atom stereocenters. The maximum absolute atomic E-state index is 6.64. The van der Waals surface area contributed by atoms with Gasteiger partial charge in [-0.05, 0) is 68.2 Å². The summed E-state index contributed by atoms with van der Waals surface area (Å²) in [6.45, 7) is 0. The molecule has 0 amide bonds. The van der Waals surface area contributed by atoms with Crippen LogP contribution in [0.15, 0.2) is 176 Å². The maximum atomic E-state index is 6.64. The highest BCUT2D eigenvalue weighted by molar-refractivity contribution is 6.10. The fraction of sp³-hybridized carbons (Fsp3) is 0. The monoisotopic (exact) mass is 651 g/mol. The largest absolute Gasteiger partial charge is 0.456 e. The van der Waals surface area contributed by atoms with E-state index in [-0.39, 0.29) is 0 Å². The van der Waals surface area contributed by atoms with Gasteiger partial charge in [-0.3, -0.25) is 0 Å². The fourth-order valence-electron chi connectivity index (χ4n) is 7.17. The van der Waals surface area contributed by atoms with Crippen LogP contribution in [0.2, 0.25) is 0 Å². The normalized spacial score (nSPS) is 11.7. The van der Waals surface area contributed by atoms with E-state index in [1.54, 1.807) is 0 Å². The van der Waals surface area contributed by atoms with Gasteiger partial charge in [0.15, 0.2) is 17.5 Å². The molecule has 238 valence electrons.